The van der Waals surface area contributed by atoms with Crippen LogP contribution in [0.2, 0.25) is 0 Å². The van der Waals surface area contributed by atoms with Crippen molar-refractivity contribution in [1.82, 2.24) is 15.5 Å². The molecule has 1 aromatic carbocycles. The van der Waals surface area contributed by atoms with Crippen LogP contribution in [-0.2, 0) is 17.8 Å². The zero-order chi connectivity index (χ0) is 17.1. The fourth-order valence-corrected chi connectivity index (χ4v) is 3.67. The zero-order valence-corrected chi connectivity index (χ0v) is 14.2. The van der Waals surface area contributed by atoms with Crippen LogP contribution in [-0.4, -0.2) is 22.7 Å². The van der Waals surface area contributed by atoms with E-state index < -0.39 is 0 Å². The predicted octanol–water partition coefficient (Wildman–Crippen LogP) is 2.98. The van der Waals surface area contributed by atoms with Crippen LogP contribution >= 0.6 is 0 Å². The van der Waals surface area contributed by atoms with Crippen LogP contribution in [0.1, 0.15) is 55.3 Å². The fraction of sp³-hybridized carbons (Fsp3) is 0.526. The number of nitrogens with one attached hydrogen (secondary N) is 1. The van der Waals surface area contributed by atoms with E-state index in [1.807, 2.05) is 24.3 Å². The van der Waals surface area contributed by atoms with E-state index in [1.54, 1.807) is 0 Å². The van der Waals surface area contributed by atoms with Crippen LogP contribution in [0.25, 0.3) is 0 Å². The second kappa shape index (κ2) is 7.25. The van der Waals surface area contributed by atoms with E-state index in [0.29, 0.717) is 24.8 Å². The minimum absolute atomic E-state index is 0.0353. The second-order valence-corrected chi connectivity index (χ2v) is 6.92. The molecule has 1 N–H and O–H groups in total. The Hall–Kier alpha value is -2.37. The van der Waals surface area contributed by atoms with Crippen molar-refractivity contribution >= 4 is 5.91 Å². The lowest BCUT2D eigenvalue weighted by Gasteiger charge is -2.24. The average Bonchev–Trinajstić information content (AvgIpc) is 3.15. The molecule has 1 aliphatic carbocycles. The lowest BCUT2D eigenvalue weighted by molar-refractivity contribution is -0.126. The third kappa shape index (κ3) is 3.67. The molecule has 4 rings (SSSR count). The highest BCUT2D eigenvalue weighted by Crippen LogP contribution is 2.31. The molecule has 1 fully saturated rings. The molecule has 1 aromatic heterocycles. The first kappa shape index (κ1) is 16.1. The maximum Gasteiger partial charge on any atom is 0.246 e. The molecule has 6 heteroatoms. The first-order valence-corrected chi connectivity index (χ1v) is 9.10. The monoisotopic (exact) mass is 341 g/mol. The Morgan fingerprint density at radius 2 is 2.04 bits per heavy atom. The number of carbonyl (C=O) groups excluding carboxylic acids is 1. The van der Waals surface area contributed by atoms with Crippen molar-refractivity contribution in [3.05, 3.63) is 41.5 Å². The Morgan fingerprint density at radius 1 is 1.20 bits per heavy atom. The van der Waals surface area contributed by atoms with Gasteiger partial charge < -0.3 is 14.6 Å². The van der Waals surface area contributed by atoms with Gasteiger partial charge in [0.2, 0.25) is 11.8 Å². The average molecular weight is 341 g/mol. The van der Waals surface area contributed by atoms with Crippen LogP contribution in [0.5, 0.6) is 5.75 Å². The van der Waals surface area contributed by atoms with Crippen molar-refractivity contribution in [2.75, 3.05) is 6.61 Å². The van der Waals surface area contributed by atoms with E-state index in [9.17, 15) is 4.79 Å². The number of amides is 1. The highest BCUT2D eigenvalue weighted by molar-refractivity contribution is 5.79. The molecule has 1 aliphatic heterocycles. The van der Waals surface area contributed by atoms with Crippen molar-refractivity contribution < 1.29 is 14.1 Å². The maximum atomic E-state index is 12.4. The smallest absolute Gasteiger partial charge is 0.246 e. The second-order valence-electron chi connectivity index (χ2n) is 6.92. The Kier molecular flexibility index (Phi) is 4.68. The number of fused-ring (bicyclic) bond motifs is 1. The topological polar surface area (TPSA) is 77.3 Å². The van der Waals surface area contributed by atoms with Gasteiger partial charge in [0.05, 0.1) is 12.5 Å². The number of ether oxygens (including phenoxy) is 1. The van der Waals surface area contributed by atoms with Gasteiger partial charge in [0.15, 0.2) is 5.82 Å². The minimum Gasteiger partial charge on any atom is -0.492 e. The fourth-order valence-electron chi connectivity index (χ4n) is 3.67. The number of aromatic nitrogens is 2. The highest BCUT2D eigenvalue weighted by Gasteiger charge is 2.26. The molecule has 6 nitrogen and oxygen atoms in total. The first-order valence-electron chi connectivity index (χ1n) is 9.10. The summed E-state index contributed by atoms with van der Waals surface area (Å²) in [6.07, 6.45) is 6.71. The number of nitrogens with zero attached hydrogens (tertiary/aromatic N) is 2. The van der Waals surface area contributed by atoms with Crippen LogP contribution in [0.15, 0.2) is 28.8 Å². The number of hydrogen-bond donors (Lipinski definition) is 1. The van der Waals surface area contributed by atoms with Crippen molar-refractivity contribution in [1.29, 1.82) is 0 Å². The number of carbonyl (C=O) groups is 1. The molecular weight excluding hydrogens is 318 g/mol. The van der Waals surface area contributed by atoms with Gasteiger partial charge in [-0.15, -0.1) is 0 Å². The molecule has 2 aliphatic rings. The van der Waals surface area contributed by atoms with Crippen molar-refractivity contribution in [3.8, 4) is 5.75 Å². The van der Waals surface area contributed by atoms with Gasteiger partial charge in [-0.1, -0.05) is 42.6 Å². The molecule has 2 heterocycles. The normalized spacial score (nSPS) is 20.6. The van der Waals surface area contributed by atoms with E-state index in [0.717, 1.165) is 30.0 Å². The standard InChI is InChI=1S/C19H23N3O3/c23-19(15-10-14-8-4-5-9-16(14)24-12-15)20-11-17-21-18(22-25-17)13-6-2-1-3-7-13/h4-5,8-9,13,15H,1-3,6-7,10-12H2,(H,20,23)/t15-/m0/s1. The molecule has 132 valence electrons. The lowest BCUT2D eigenvalue weighted by Crippen LogP contribution is -2.37. The molecule has 0 radical (unpaired) electrons. The van der Waals surface area contributed by atoms with Crippen molar-refractivity contribution in [2.45, 2.75) is 51.0 Å². The molecule has 1 saturated carbocycles. The summed E-state index contributed by atoms with van der Waals surface area (Å²) >= 11 is 0. The number of benzene rings is 1. The van der Waals surface area contributed by atoms with Crippen molar-refractivity contribution in [2.24, 2.45) is 5.92 Å². The van der Waals surface area contributed by atoms with E-state index in [1.165, 1.54) is 19.3 Å². The molecule has 25 heavy (non-hydrogen) atoms. The summed E-state index contributed by atoms with van der Waals surface area (Å²) in [7, 11) is 0. The number of rotatable bonds is 4. The summed E-state index contributed by atoms with van der Waals surface area (Å²) in [6.45, 7) is 0.677. The third-order valence-corrected chi connectivity index (χ3v) is 5.12. The molecule has 1 atom stereocenters. The van der Waals surface area contributed by atoms with Crippen molar-refractivity contribution in [3.63, 3.8) is 0 Å². The van der Waals surface area contributed by atoms with Crippen LogP contribution in [0.4, 0.5) is 0 Å². The van der Waals surface area contributed by atoms with E-state index in [-0.39, 0.29) is 18.4 Å². The highest BCUT2D eigenvalue weighted by atomic mass is 16.5. The van der Waals surface area contributed by atoms with Crippen LogP contribution in [0.3, 0.4) is 0 Å². The summed E-state index contributed by atoms with van der Waals surface area (Å²) < 4.78 is 11.0. The quantitative estimate of drug-likeness (QED) is 0.925. The summed E-state index contributed by atoms with van der Waals surface area (Å²) in [4.78, 5) is 16.9. The molecule has 1 amide bonds. The molecule has 0 unspecified atom stereocenters. The summed E-state index contributed by atoms with van der Waals surface area (Å²) in [6, 6.07) is 7.85. The molecule has 0 saturated heterocycles. The summed E-state index contributed by atoms with van der Waals surface area (Å²) in [5.74, 6) is 2.33. The Morgan fingerprint density at radius 3 is 2.92 bits per heavy atom. The largest absolute Gasteiger partial charge is 0.492 e. The van der Waals surface area contributed by atoms with Gasteiger partial charge in [-0.25, -0.2) is 0 Å². The molecule has 2 aromatic rings. The van der Waals surface area contributed by atoms with E-state index in [4.69, 9.17) is 9.26 Å². The predicted molar refractivity (Wildman–Crippen MR) is 91.1 cm³/mol. The van der Waals surface area contributed by atoms with Gasteiger partial charge in [0, 0.05) is 5.92 Å². The van der Waals surface area contributed by atoms with Gasteiger partial charge in [0.25, 0.3) is 0 Å². The van der Waals surface area contributed by atoms with Gasteiger partial charge >= 0.3 is 0 Å². The summed E-state index contributed by atoms with van der Waals surface area (Å²) in [5, 5.41) is 7.00. The Bertz CT molecular complexity index is 737. The van der Waals surface area contributed by atoms with E-state index >= 15 is 0 Å². The van der Waals surface area contributed by atoms with Gasteiger partial charge in [-0.2, -0.15) is 4.98 Å². The summed E-state index contributed by atoms with van der Waals surface area (Å²) in [5.41, 5.74) is 1.08. The first-order chi connectivity index (χ1) is 12.3. The van der Waals surface area contributed by atoms with Gasteiger partial charge in [0.1, 0.15) is 12.4 Å². The number of hydrogen-bond acceptors (Lipinski definition) is 5. The Balaban J connectivity index is 1.31. The molecule has 0 spiro atoms. The zero-order valence-electron chi connectivity index (χ0n) is 14.2. The lowest BCUT2D eigenvalue weighted by atomic mass is 9.89. The Labute approximate surface area is 147 Å². The minimum atomic E-state index is -0.185. The van der Waals surface area contributed by atoms with Gasteiger partial charge in [-0.3, -0.25) is 4.79 Å². The molecule has 0 bridgehead atoms. The SMILES string of the molecule is O=C(NCc1nc(C2CCCCC2)no1)[C@@H]1COc2ccccc2C1. The maximum absolute atomic E-state index is 12.4. The van der Waals surface area contributed by atoms with Crippen LogP contribution < -0.4 is 10.1 Å². The molecular formula is C19H23N3O3. The van der Waals surface area contributed by atoms with Crippen LogP contribution in [0, 0.1) is 5.92 Å². The van der Waals surface area contributed by atoms with E-state index in [2.05, 4.69) is 15.5 Å². The third-order valence-electron chi connectivity index (χ3n) is 5.12. The van der Waals surface area contributed by atoms with Gasteiger partial charge in [-0.05, 0) is 30.9 Å². The number of para-hydroxylation sites is 1.